The van der Waals surface area contributed by atoms with Crippen LogP contribution < -0.4 is 0 Å². The zero-order valence-electron chi connectivity index (χ0n) is 14.2. The fourth-order valence-corrected chi connectivity index (χ4v) is 17.1. The summed E-state index contributed by atoms with van der Waals surface area (Å²) in [6.45, 7) is 11.5. The van der Waals surface area contributed by atoms with Gasteiger partial charge in [-0.05, 0) is 0 Å². The molecule has 0 atom stereocenters. The molecule has 19 heavy (non-hydrogen) atoms. The van der Waals surface area contributed by atoms with E-state index in [9.17, 15) is 0 Å². The monoisotopic (exact) mass is 375 g/mol. The standard InChI is InChI=1S/C5H10N.3C4H9.Sn/c1-5(2)4-6-3;3*1-3-4-2;/h4-5H,3H2,1-2H3;3*1,3-4H2,2H3;/b6-4+;;;;. The molecule has 0 rings (SSSR count). The first kappa shape index (κ1) is 19.5. The summed E-state index contributed by atoms with van der Waals surface area (Å²) in [6.07, 6.45) is 10.7. The fraction of sp³-hybridized carbons (Fsp3) is 0.941. The number of rotatable bonds is 12. The second-order valence-electron chi connectivity index (χ2n) is 6.54. The van der Waals surface area contributed by atoms with E-state index >= 15 is 0 Å². The van der Waals surface area contributed by atoms with E-state index in [1.54, 1.807) is 13.3 Å². The number of hydrogen-bond acceptors (Lipinski definition) is 1. The van der Waals surface area contributed by atoms with Crippen molar-refractivity contribution in [3.8, 4) is 0 Å². The van der Waals surface area contributed by atoms with Gasteiger partial charge in [-0.1, -0.05) is 0 Å². The van der Waals surface area contributed by atoms with Crippen LogP contribution in [0.25, 0.3) is 0 Å². The van der Waals surface area contributed by atoms with Crippen molar-refractivity contribution < 1.29 is 0 Å². The number of nitrogens with zero attached hydrogens (tertiary/aromatic N) is 1. The van der Waals surface area contributed by atoms with Gasteiger partial charge in [0.15, 0.2) is 0 Å². The molecule has 114 valence electrons. The van der Waals surface area contributed by atoms with Crippen LogP contribution in [0.5, 0.6) is 0 Å². The van der Waals surface area contributed by atoms with Crippen molar-refractivity contribution in [3.05, 3.63) is 0 Å². The molecule has 0 N–H and O–H groups in total. The summed E-state index contributed by atoms with van der Waals surface area (Å²) >= 11 is -1.95. The number of aliphatic imine (C=N–C) groups is 1. The van der Waals surface area contributed by atoms with Crippen LogP contribution in [0.1, 0.15) is 73.1 Å². The molecule has 0 spiro atoms. The van der Waals surface area contributed by atoms with Crippen LogP contribution in [0.15, 0.2) is 4.99 Å². The average molecular weight is 374 g/mol. The minimum absolute atomic E-state index is 0.618. The molecular formula is C17H37NSn. The second kappa shape index (κ2) is 12.2. The molecule has 2 heteroatoms. The minimum atomic E-state index is -1.95. The third-order valence-corrected chi connectivity index (χ3v) is 18.6. The Morgan fingerprint density at radius 1 is 0.842 bits per heavy atom. The van der Waals surface area contributed by atoms with Crippen molar-refractivity contribution in [2.24, 2.45) is 10.9 Å². The van der Waals surface area contributed by atoms with Gasteiger partial charge >= 0.3 is 127 Å². The Bertz CT molecular complexity index is 202. The Hall–Kier alpha value is 0.469. The van der Waals surface area contributed by atoms with Gasteiger partial charge in [0, 0.05) is 0 Å². The Morgan fingerprint density at radius 3 is 1.58 bits per heavy atom. The molecule has 0 aliphatic carbocycles. The first-order valence-corrected chi connectivity index (χ1v) is 16.7. The molecule has 0 aromatic heterocycles. The van der Waals surface area contributed by atoms with E-state index in [2.05, 4.69) is 40.8 Å². The van der Waals surface area contributed by atoms with Gasteiger partial charge < -0.3 is 0 Å². The van der Waals surface area contributed by atoms with Crippen molar-refractivity contribution in [3.63, 3.8) is 0 Å². The van der Waals surface area contributed by atoms with E-state index in [0.29, 0.717) is 5.92 Å². The van der Waals surface area contributed by atoms with Crippen molar-refractivity contribution in [1.82, 2.24) is 0 Å². The predicted octanol–water partition coefficient (Wildman–Crippen LogP) is 6.10. The van der Waals surface area contributed by atoms with E-state index < -0.39 is 18.4 Å². The Morgan fingerprint density at radius 2 is 1.26 bits per heavy atom. The van der Waals surface area contributed by atoms with Gasteiger partial charge in [0.25, 0.3) is 0 Å². The van der Waals surface area contributed by atoms with Gasteiger partial charge in [-0.25, -0.2) is 0 Å². The van der Waals surface area contributed by atoms with Crippen LogP contribution in [-0.2, 0) is 0 Å². The zero-order valence-corrected chi connectivity index (χ0v) is 17.0. The molecule has 0 bridgehead atoms. The quantitative estimate of drug-likeness (QED) is 0.289. The van der Waals surface area contributed by atoms with Crippen molar-refractivity contribution in [2.45, 2.75) is 86.5 Å². The molecule has 0 unspecified atom stereocenters. The average Bonchev–Trinajstić information content (AvgIpc) is 2.39. The zero-order chi connectivity index (χ0) is 14.6. The molecule has 0 saturated heterocycles. The van der Waals surface area contributed by atoms with Crippen molar-refractivity contribution >= 4 is 24.6 Å². The number of hydrogen-bond donors (Lipinski definition) is 0. The Labute approximate surface area is 126 Å². The molecule has 0 aliphatic heterocycles. The molecule has 0 aromatic carbocycles. The van der Waals surface area contributed by atoms with E-state index in [-0.39, 0.29) is 0 Å². The Balaban J connectivity index is 4.65. The summed E-state index contributed by atoms with van der Waals surface area (Å²) in [7, 11) is 0. The molecule has 0 aliphatic rings. The molecule has 0 saturated carbocycles. The fourth-order valence-electron chi connectivity index (χ4n) is 2.72. The summed E-state index contributed by atoms with van der Waals surface area (Å²) in [5, 5.41) is 0. The first-order chi connectivity index (χ1) is 9.10. The maximum atomic E-state index is 4.87. The maximum absolute atomic E-state index is 4.87. The molecular weight excluding hydrogens is 337 g/mol. The molecule has 0 heterocycles. The third-order valence-electron chi connectivity index (χ3n) is 4.01. The summed E-state index contributed by atoms with van der Waals surface area (Å²) in [4.78, 5) is 4.87. The van der Waals surface area contributed by atoms with Crippen LogP contribution in [0, 0.1) is 5.92 Å². The Kier molecular flexibility index (Phi) is 12.5. The van der Waals surface area contributed by atoms with Crippen LogP contribution in [-0.4, -0.2) is 29.2 Å². The molecule has 0 amide bonds. The van der Waals surface area contributed by atoms with E-state index in [4.69, 9.17) is 4.99 Å². The first-order valence-electron chi connectivity index (χ1n) is 8.60. The second-order valence-corrected chi connectivity index (χ2v) is 20.3. The van der Waals surface area contributed by atoms with Gasteiger partial charge in [-0.2, -0.15) is 0 Å². The van der Waals surface area contributed by atoms with Gasteiger partial charge in [0.2, 0.25) is 0 Å². The van der Waals surface area contributed by atoms with Crippen molar-refractivity contribution in [1.29, 1.82) is 0 Å². The topological polar surface area (TPSA) is 12.4 Å². The summed E-state index contributed by atoms with van der Waals surface area (Å²) in [5.41, 5.74) is 0. The predicted molar refractivity (Wildman–Crippen MR) is 93.1 cm³/mol. The van der Waals surface area contributed by atoms with Crippen LogP contribution in [0.2, 0.25) is 13.3 Å². The number of unbranched alkanes of at least 4 members (excludes halogenated alkanes) is 3. The van der Waals surface area contributed by atoms with Gasteiger partial charge in [0.1, 0.15) is 0 Å². The molecule has 0 radical (unpaired) electrons. The summed E-state index contributed by atoms with van der Waals surface area (Å²) < 4.78 is 6.02. The van der Waals surface area contributed by atoms with Gasteiger partial charge in [-0.15, -0.1) is 0 Å². The molecule has 0 aromatic rings. The molecule has 1 nitrogen and oxygen atoms in total. The SMILES string of the molecule is CCC[CH2][Sn]([CH2]CCC)([CH2]CCC)[CH2]/N=C/C(C)C. The van der Waals surface area contributed by atoms with Crippen molar-refractivity contribution in [2.75, 3.05) is 4.56 Å². The van der Waals surface area contributed by atoms with Crippen LogP contribution in [0.4, 0.5) is 0 Å². The van der Waals surface area contributed by atoms with Crippen LogP contribution in [0.3, 0.4) is 0 Å². The third kappa shape index (κ3) is 9.92. The summed E-state index contributed by atoms with van der Waals surface area (Å²) in [5.74, 6) is 0.618. The van der Waals surface area contributed by atoms with E-state index in [0.717, 1.165) is 0 Å². The van der Waals surface area contributed by atoms with Crippen LogP contribution >= 0.6 is 0 Å². The van der Waals surface area contributed by atoms with Gasteiger partial charge in [0.05, 0.1) is 0 Å². The van der Waals surface area contributed by atoms with Gasteiger partial charge in [-0.3, -0.25) is 0 Å². The van der Waals surface area contributed by atoms with E-state index in [1.165, 1.54) is 43.1 Å². The molecule has 0 fully saturated rings. The van der Waals surface area contributed by atoms with E-state index in [1.807, 2.05) is 0 Å². The summed E-state index contributed by atoms with van der Waals surface area (Å²) in [6, 6.07) is 0. The normalized spacial score (nSPS) is 12.7.